The first-order valence-corrected chi connectivity index (χ1v) is 4.18. The molecule has 0 fully saturated rings. The van der Waals surface area contributed by atoms with E-state index in [2.05, 4.69) is 6.58 Å². The molecular formula is C6H7NOZn. The maximum absolute atomic E-state index is 10.4. The fourth-order valence-corrected chi connectivity index (χ4v) is 1.09. The third-order valence-electron chi connectivity index (χ3n) is 0.802. The van der Waals surface area contributed by atoms with Crippen molar-refractivity contribution in [3.63, 3.8) is 0 Å². The summed E-state index contributed by atoms with van der Waals surface area (Å²) in [6.45, 7) is 3.44. The van der Waals surface area contributed by atoms with E-state index in [1.807, 2.05) is 0 Å². The van der Waals surface area contributed by atoms with E-state index < -0.39 is 0 Å². The molecule has 0 aromatic heterocycles. The monoisotopic (exact) mass is 173 g/mol. The molecule has 2 nitrogen and oxygen atoms in total. The number of rotatable bonds is 3. The summed E-state index contributed by atoms with van der Waals surface area (Å²) < 4.78 is 1.77. The van der Waals surface area contributed by atoms with Crippen molar-refractivity contribution in [2.45, 2.75) is 0 Å². The molecule has 0 saturated carbocycles. The first-order chi connectivity index (χ1) is 4.22. The van der Waals surface area contributed by atoms with Gasteiger partial charge in [0.15, 0.2) is 0 Å². The van der Waals surface area contributed by atoms with Crippen LogP contribution in [0.5, 0.6) is 0 Å². The second-order valence-electron chi connectivity index (χ2n) is 1.43. The fraction of sp³-hybridized carbons (Fsp3) is 0. The molecule has 0 bridgehead atoms. The average molecular weight is 175 g/mol. The second kappa shape index (κ2) is 4.33. The summed E-state index contributed by atoms with van der Waals surface area (Å²) >= 11 is 0.933. The quantitative estimate of drug-likeness (QED) is 0.363. The number of primary amides is 1. The van der Waals surface area contributed by atoms with E-state index in [0.717, 1.165) is 17.9 Å². The van der Waals surface area contributed by atoms with Gasteiger partial charge in [0.25, 0.3) is 0 Å². The predicted octanol–water partition coefficient (Wildman–Crippen LogP) is -0.0669. The van der Waals surface area contributed by atoms with E-state index >= 15 is 0 Å². The van der Waals surface area contributed by atoms with Gasteiger partial charge in [0, 0.05) is 0 Å². The number of nitrogens with two attached hydrogens (primary N) is 1. The molecule has 0 rings (SSSR count). The van der Waals surface area contributed by atoms with Crippen molar-refractivity contribution >= 4 is 10.5 Å². The first kappa shape index (κ1) is 8.44. The molecule has 0 aromatic rings. The Hall–Kier alpha value is -0.557. The van der Waals surface area contributed by atoms with Crippen LogP contribution < -0.4 is 5.73 Å². The third-order valence-corrected chi connectivity index (χ3v) is 1.72. The van der Waals surface area contributed by atoms with Crippen LogP contribution in [0.4, 0.5) is 0 Å². The van der Waals surface area contributed by atoms with Crippen LogP contribution in [-0.2, 0) is 22.6 Å². The molecule has 0 aliphatic carbocycles. The Labute approximate surface area is 63.6 Å². The van der Waals surface area contributed by atoms with Gasteiger partial charge in [-0.25, -0.2) is 0 Å². The third kappa shape index (κ3) is 3.09. The Balaban J connectivity index is 4.32. The van der Waals surface area contributed by atoms with Gasteiger partial charge < -0.3 is 0 Å². The predicted molar refractivity (Wildman–Crippen MR) is 33.5 cm³/mol. The van der Waals surface area contributed by atoms with E-state index in [9.17, 15) is 4.79 Å². The van der Waals surface area contributed by atoms with E-state index in [0.29, 0.717) is 5.57 Å². The van der Waals surface area contributed by atoms with Gasteiger partial charge >= 0.3 is 63.2 Å². The van der Waals surface area contributed by atoms with E-state index in [1.54, 1.807) is 16.8 Å². The number of carbonyl (C=O) groups excluding carboxylic acids is 1. The standard InChI is InChI=1S/C6H7NO.Zn/c1-3-4-5(2)6(7)8;/h2-4H,1H2,(H2,7,8);/b5-4+;. The molecule has 0 spiro atoms. The summed E-state index contributed by atoms with van der Waals surface area (Å²) in [6.07, 6.45) is 3.15. The Kier molecular flexibility index (Phi) is 4.07. The molecule has 0 radical (unpaired) electrons. The SMILES string of the molecule is C=C/C=C(\[CH]=[Zn])C(N)=O. The van der Waals surface area contributed by atoms with E-state index in [4.69, 9.17) is 5.73 Å². The molecule has 1 amide bonds. The van der Waals surface area contributed by atoms with Crippen molar-refractivity contribution in [1.29, 1.82) is 0 Å². The summed E-state index contributed by atoms with van der Waals surface area (Å²) in [5.74, 6) is -0.388. The minimum atomic E-state index is -0.388. The van der Waals surface area contributed by atoms with Crippen LogP contribution in [0, 0.1) is 0 Å². The van der Waals surface area contributed by atoms with Gasteiger partial charge in [-0.05, 0) is 0 Å². The van der Waals surface area contributed by atoms with Crippen molar-refractivity contribution in [3.8, 4) is 0 Å². The van der Waals surface area contributed by atoms with Crippen molar-refractivity contribution in [2.75, 3.05) is 0 Å². The minimum absolute atomic E-state index is 0.388. The van der Waals surface area contributed by atoms with Crippen LogP contribution in [0.2, 0.25) is 0 Å². The van der Waals surface area contributed by atoms with Gasteiger partial charge in [-0.1, -0.05) is 0 Å². The topological polar surface area (TPSA) is 43.1 Å². The Morgan fingerprint density at radius 3 is 2.33 bits per heavy atom. The molecule has 0 aliphatic rings. The molecular weight excluding hydrogens is 167 g/mol. The zero-order chi connectivity index (χ0) is 7.28. The second-order valence-corrected chi connectivity index (χ2v) is 2.28. The van der Waals surface area contributed by atoms with Gasteiger partial charge in [-0.2, -0.15) is 0 Å². The van der Waals surface area contributed by atoms with Crippen molar-refractivity contribution in [2.24, 2.45) is 5.73 Å². The van der Waals surface area contributed by atoms with E-state index in [1.165, 1.54) is 0 Å². The number of hydrogen-bond donors (Lipinski definition) is 1. The zero-order valence-corrected chi connectivity index (χ0v) is 8.10. The van der Waals surface area contributed by atoms with Crippen LogP contribution in [-0.4, -0.2) is 10.5 Å². The number of hydrogen-bond acceptors (Lipinski definition) is 1. The van der Waals surface area contributed by atoms with Crippen molar-refractivity contribution in [1.82, 2.24) is 0 Å². The molecule has 2 N–H and O–H groups in total. The van der Waals surface area contributed by atoms with Gasteiger partial charge in [0.1, 0.15) is 0 Å². The Morgan fingerprint density at radius 1 is 1.67 bits per heavy atom. The van der Waals surface area contributed by atoms with Crippen LogP contribution in [0.1, 0.15) is 0 Å². The van der Waals surface area contributed by atoms with Crippen LogP contribution in [0.3, 0.4) is 0 Å². The average Bonchev–Trinajstić information content (AvgIpc) is 1.82. The molecule has 0 atom stereocenters. The number of carbonyl (C=O) groups is 1. The normalized spacial score (nSPS) is 10.7. The zero-order valence-electron chi connectivity index (χ0n) is 5.13. The Bertz CT molecular complexity index is 172. The van der Waals surface area contributed by atoms with Crippen LogP contribution >= 0.6 is 0 Å². The molecule has 0 aliphatic heterocycles. The molecule has 44 valence electrons. The van der Waals surface area contributed by atoms with E-state index in [-0.39, 0.29) is 5.91 Å². The Morgan fingerprint density at radius 2 is 2.22 bits per heavy atom. The molecule has 0 heterocycles. The maximum atomic E-state index is 10.4. The number of allylic oxidation sites excluding steroid dienone is 2. The van der Waals surface area contributed by atoms with Crippen molar-refractivity contribution < 1.29 is 22.6 Å². The molecule has 9 heavy (non-hydrogen) atoms. The summed E-state index contributed by atoms with van der Waals surface area (Å²) in [4.78, 5) is 10.4. The van der Waals surface area contributed by atoms with Crippen LogP contribution in [0.25, 0.3) is 0 Å². The molecule has 0 unspecified atom stereocenters. The van der Waals surface area contributed by atoms with Gasteiger partial charge in [0.2, 0.25) is 0 Å². The summed E-state index contributed by atoms with van der Waals surface area (Å²) in [5, 5.41) is 0. The summed E-state index contributed by atoms with van der Waals surface area (Å²) in [5.41, 5.74) is 5.51. The first-order valence-electron chi connectivity index (χ1n) is 2.47. The molecule has 3 heteroatoms. The van der Waals surface area contributed by atoms with Gasteiger partial charge in [-0.3, -0.25) is 0 Å². The van der Waals surface area contributed by atoms with Gasteiger partial charge in [0.05, 0.1) is 0 Å². The van der Waals surface area contributed by atoms with Crippen molar-refractivity contribution in [3.05, 3.63) is 24.3 Å². The van der Waals surface area contributed by atoms with Gasteiger partial charge in [-0.15, -0.1) is 0 Å². The van der Waals surface area contributed by atoms with Crippen LogP contribution in [0.15, 0.2) is 24.3 Å². The molecule has 0 saturated heterocycles. The molecule has 0 aromatic carbocycles. The fourth-order valence-electron chi connectivity index (χ4n) is 0.378. The number of amides is 1. The summed E-state index contributed by atoms with van der Waals surface area (Å²) in [6, 6.07) is 0. The summed E-state index contributed by atoms with van der Waals surface area (Å²) in [7, 11) is 0.